The molecule has 2 aromatic heterocycles. The molecule has 0 unspecified atom stereocenters. The van der Waals surface area contributed by atoms with Crippen molar-refractivity contribution in [3.63, 3.8) is 0 Å². The lowest BCUT2D eigenvalue weighted by molar-refractivity contribution is 0.0997. The topological polar surface area (TPSA) is 52.8 Å². The van der Waals surface area contributed by atoms with Crippen molar-refractivity contribution in [2.24, 2.45) is 0 Å². The van der Waals surface area contributed by atoms with Crippen LogP contribution in [0, 0.1) is 0 Å². The standard InChI is InChI=1S/C28H25ClN4O2/c29-25-6-2-4-21-18-33(28(34)27(21)25)23-5-1-3-20(17-23)26-8-7-24(35-26)19-31-13-15-32(16-14-31)22-9-11-30-12-10-22/h1-12,17H,13-16,18-19H2. The van der Waals surface area contributed by atoms with E-state index in [-0.39, 0.29) is 5.91 Å². The number of benzene rings is 2. The summed E-state index contributed by atoms with van der Waals surface area (Å²) in [6, 6.07) is 21.7. The molecule has 0 bridgehead atoms. The number of pyridine rings is 1. The van der Waals surface area contributed by atoms with E-state index in [0.717, 1.165) is 61.1 Å². The molecule has 4 aromatic rings. The third kappa shape index (κ3) is 4.31. The quantitative estimate of drug-likeness (QED) is 0.375. The van der Waals surface area contributed by atoms with E-state index < -0.39 is 0 Å². The Morgan fingerprint density at radius 3 is 2.49 bits per heavy atom. The molecule has 1 fully saturated rings. The van der Waals surface area contributed by atoms with E-state index in [2.05, 4.69) is 26.9 Å². The van der Waals surface area contributed by atoms with Crippen LogP contribution in [0.2, 0.25) is 5.02 Å². The van der Waals surface area contributed by atoms with Crippen LogP contribution in [0.5, 0.6) is 0 Å². The fraction of sp³-hybridized carbons (Fsp3) is 0.214. The Labute approximate surface area is 209 Å². The van der Waals surface area contributed by atoms with Crippen LogP contribution in [0.1, 0.15) is 21.7 Å². The number of halogens is 1. The average molecular weight is 485 g/mol. The Balaban J connectivity index is 1.13. The second-order valence-electron chi connectivity index (χ2n) is 8.95. The highest BCUT2D eigenvalue weighted by Gasteiger charge is 2.30. The predicted octanol–water partition coefficient (Wildman–Crippen LogP) is 5.48. The summed E-state index contributed by atoms with van der Waals surface area (Å²) in [4.78, 5) is 23.7. The van der Waals surface area contributed by atoms with Gasteiger partial charge in [-0.3, -0.25) is 14.7 Å². The smallest absolute Gasteiger partial charge is 0.260 e. The summed E-state index contributed by atoms with van der Waals surface area (Å²) in [6.07, 6.45) is 3.68. The summed E-state index contributed by atoms with van der Waals surface area (Å²) in [5.41, 5.74) is 4.57. The first-order valence-corrected chi connectivity index (χ1v) is 12.2. The molecule has 1 amide bonds. The molecule has 0 radical (unpaired) electrons. The Bertz CT molecular complexity index is 1360. The van der Waals surface area contributed by atoms with Gasteiger partial charge in [0.2, 0.25) is 0 Å². The molecule has 0 atom stereocenters. The molecule has 0 saturated carbocycles. The fourth-order valence-corrected chi connectivity index (χ4v) is 5.19. The van der Waals surface area contributed by atoms with Crippen molar-refractivity contribution in [1.82, 2.24) is 9.88 Å². The minimum atomic E-state index is -0.0613. The van der Waals surface area contributed by atoms with Crippen molar-refractivity contribution in [3.8, 4) is 11.3 Å². The molecule has 1 saturated heterocycles. The van der Waals surface area contributed by atoms with Crippen molar-refractivity contribution in [3.05, 3.63) is 101 Å². The summed E-state index contributed by atoms with van der Waals surface area (Å²) in [7, 11) is 0. The second kappa shape index (κ2) is 9.21. The second-order valence-corrected chi connectivity index (χ2v) is 9.36. The molecule has 0 N–H and O–H groups in total. The third-order valence-electron chi connectivity index (χ3n) is 6.77. The molecular weight excluding hydrogens is 460 g/mol. The van der Waals surface area contributed by atoms with Gasteiger partial charge in [-0.05, 0) is 48.0 Å². The normalized spacial score (nSPS) is 16.1. The lowest BCUT2D eigenvalue weighted by Crippen LogP contribution is -2.45. The number of hydrogen-bond acceptors (Lipinski definition) is 5. The van der Waals surface area contributed by atoms with E-state index >= 15 is 0 Å². The van der Waals surface area contributed by atoms with Crippen LogP contribution in [0.3, 0.4) is 0 Å². The maximum absolute atomic E-state index is 13.0. The minimum absolute atomic E-state index is 0.0613. The SMILES string of the molecule is O=C1c2c(Cl)cccc2CN1c1cccc(-c2ccc(CN3CCN(c4ccncc4)CC3)o2)c1. The zero-order valence-corrected chi connectivity index (χ0v) is 20.0. The van der Waals surface area contributed by atoms with Crippen LogP contribution in [0.25, 0.3) is 11.3 Å². The average Bonchev–Trinajstić information content (AvgIpc) is 3.50. The van der Waals surface area contributed by atoms with Gasteiger partial charge in [-0.2, -0.15) is 0 Å². The first-order valence-electron chi connectivity index (χ1n) is 11.8. The molecule has 7 heteroatoms. The predicted molar refractivity (Wildman–Crippen MR) is 138 cm³/mol. The minimum Gasteiger partial charge on any atom is -0.460 e. The first-order chi connectivity index (χ1) is 17.2. The van der Waals surface area contributed by atoms with Gasteiger partial charge < -0.3 is 14.2 Å². The van der Waals surface area contributed by atoms with Crippen molar-refractivity contribution < 1.29 is 9.21 Å². The summed E-state index contributed by atoms with van der Waals surface area (Å²) < 4.78 is 6.22. The molecule has 6 rings (SSSR count). The molecular formula is C28H25ClN4O2. The number of carbonyl (C=O) groups is 1. The van der Waals surface area contributed by atoms with Gasteiger partial charge in [0.1, 0.15) is 11.5 Å². The highest BCUT2D eigenvalue weighted by molar-refractivity contribution is 6.35. The van der Waals surface area contributed by atoms with E-state index in [1.54, 1.807) is 11.0 Å². The van der Waals surface area contributed by atoms with Crippen molar-refractivity contribution in [2.45, 2.75) is 13.1 Å². The molecule has 6 nitrogen and oxygen atoms in total. The summed E-state index contributed by atoms with van der Waals surface area (Å²) in [6.45, 7) is 5.23. The van der Waals surface area contributed by atoms with Gasteiger partial charge in [0.25, 0.3) is 5.91 Å². The summed E-state index contributed by atoms with van der Waals surface area (Å²) >= 11 is 6.29. The highest BCUT2D eigenvalue weighted by Crippen LogP contribution is 2.34. The number of piperazine rings is 1. The monoisotopic (exact) mass is 484 g/mol. The maximum Gasteiger partial charge on any atom is 0.260 e. The molecule has 0 aliphatic carbocycles. The molecule has 4 heterocycles. The van der Waals surface area contributed by atoms with E-state index in [4.69, 9.17) is 16.0 Å². The number of hydrogen-bond donors (Lipinski definition) is 0. The van der Waals surface area contributed by atoms with Gasteiger partial charge in [-0.25, -0.2) is 0 Å². The number of fused-ring (bicyclic) bond motifs is 1. The Morgan fingerprint density at radius 1 is 0.886 bits per heavy atom. The van der Waals surface area contributed by atoms with Gasteiger partial charge in [0.05, 0.1) is 23.7 Å². The largest absolute Gasteiger partial charge is 0.460 e. The third-order valence-corrected chi connectivity index (χ3v) is 7.09. The van der Waals surface area contributed by atoms with Gasteiger partial charge in [-0.15, -0.1) is 0 Å². The van der Waals surface area contributed by atoms with Crippen LogP contribution >= 0.6 is 11.6 Å². The Hall–Kier alpha value is -3.61. The lowest BCUT2D eigenvalue weighted by atomic mass is 10.1. The number of furan rings is 1. The number of aromatic nitrogens is 1. The zero-order valence-electron chi connectivity index (χ0n) is 19.2. The number of anilines is 2. The van der Waals surface area contributed by atoms with Gasteiger partial charge in [0.15, 0.2) is 0 Å². The highest BCUT2D eigenvalue weighted by atomic mass is 35.5. The molecule has 2 aromatic carbocycles. The molecule has 0 spiro atoms. The number of amides is 1. The molecule has 2 aliphatic heterocycles. The van der Waals surface area contributed by atoms with Crippen molar-refractivity contribution >= 4 is 28.9 Å². The van der Waals surface area contributed by atoms with Crippen molar-refractivity contribution in [2.75, 3.05) is 36.0 Å². The summed E-state index contributed by atoms with van der Waals surface area (Å²) in [5.74, 6) is 1.69. The van der Waals surface area contributed by atoms with Crippen LogP contribution in [-0.4, -0.2) is 42.0 Å². The maximum atomic E-state index is 13.0. The van der Waals surface area contributed by atoms with E-state index in [1.807, 2.05) is 60.9 Å². The van der Waals surface area contributed by atoms with Gasteiger partial charge in [-0.1, -0.05) is 35.9 Å². The van der Waals surface area contributed by atoms with E-state index in [9.17, 15) is 4.79 Å². The van der Waals surface area contributed by atoms with Gasteiger partial charge in [0, 0.05) is 55.5 Å². The molecule has 2 aliphatic rings. The van der Waals surface area contributed by atoms with E-state index in [0.29, 0.717) is 17.1 Å². The van der Waals surface area contributed by atoms with Crippen LogP contribution in [-0.2, 0) is 13.1 Å². The Kier molecular flexibility index (Phi) is 5.76. The summed E-state index contributed by atoms with van der Waals surface area (Å²) in [5, 5.41) is 0.503. The van der Waals surface area contributed by atoms with Crippen LogP contribution in [0.4, 0.5) is 11.4 Å². The van der Waals surface area contributed by atoms with Crippen LogP contribution in [0.15, 0.2) is 83.5 Å². The number of rotatable bonds is 5. The molecule has 176 valence electrons. The Morgan fingerprint density at radius 2 is 1.69 bits per heavy atom. The number of nitrogens with zero attached hydrogens (tertiary/aromatic N) is 4. The zero-order chi connectivity index (χ0) is 23.8. The number of carbonyl (C=O) groups excluding carboxylic acids is 1. The van der Waals surface area contributed by atoms with Gasteiger partial charge >= 0.3 is 0 Å². The van der Waals surface area contributed by atoms with Crippen molar-refractivity contribution in [1.29, 1.82) is 0 Å². The molecule has 35 heavy (non-hydrogen) atoms. The fourth-order valence-electron chi connectivity index (χ4n) is 4.91. The van der Waals surface area contributed by atoms with Crippen LogP contribution < -0.4 is 9.80 Å². The van der Waals surface area contributed by atoms with E-state index in [1.165, 1.54) is 5.69 Å². The first kappa shape index (κ1) is 21.9. The lowest BCUT2D eigenvalue weighted by Gasteiger charge is -2.35.